The van der Waals surface area contributed by atoms with Gasteiger partial charge in [-0.1, -0.05) is 28.1 Å². The monoisotopic (exact) mass is 490 g/mol. The molecule has 8 heteroatoms. The number of hydrogen-bond donors (Lipinski definition) is 2. The normalized spacial score (nSPS) is 11.6. The van der Waals surface area contributed by atoms with E-state index in [9.17, 15) is 18.4 Å². The van der Waals surface area contributed by atoms with Gasteiger partial charge in [-0.15, -0.1) is 11.8 Å². The number of hydrogen-bond acceptors (Lipinski definition) is 3. The van der Waals surface area contributed by atoms with E-state index in [-0.39, 0.29) is 17.2 Å². The van der Waals surface area contributed by atoms with Crippen molar-refractivity contribution < 1.29 is 18.4 Å². The first kappa shape index (κ1) is 22.0. The van der Waals surface area contributed by atoms with E-state index in [1.165, 1.54) is 42.1 Å². The number of amides is 2. The first-order valence-corrected chi connectivity index (χ1v) is 10.6. The number of benzene rings is 3. The largest absolute Gasteiger partial charge is 0.323 e. The zero-order chi connectivity index (χ0) is 21.7. The molecule has 0 aliphatic rings. The molecule has 4 nitrogen and oxygen atoms in total. The molecule has 0 bridgehead atoms. The molecule has 0 heterocycles. The summed E-state index contributed by atoms with van der Waals surface area (Å²) in [4.78, 5) is 25.3. The first-order chi connectivity index (χ1) is 14.3. The third-order valence-electron chi connectivity index (χ3n) is 4.10. The molecule has 0 fully saturated rings. The lowest BCUT2D eigenvalue weighted by Gasteiger charge is -2.13. The quantitative estimate of drug-likeness (QED) is 0.410. The Labute approximate surface area is 185 Å². The van der Waals surface area contributed by atoms with E-state index in [2.05, 4.69) is 26.6 Å². The number of thioether (sulfide) groups is 1. The summed E-state index contributed by atoms with van der Waals surface area (Å²) in [6, 6.07) is 17.0. The Hall–Kier alpha value is -2.71. The van der Waals surface area contributed by atoms with Crippen LogP contribution in [-0.4, -0.2) is 17.1 Å². The topological polar surface area (TPSA) is 58.2 Å². The average Bonchev–Trinajstić information content (AvgIpc) is 2.71. The molecule has 0 aromatic heterocycles. The summed E-state index contributed by atoms with van der Waals surface area (Å²) in [7, 11) is 0. The number of nitrogens with one attached hydrogen (secondary N) is 2. The van der Waals surface area contributed by atoms with Crippen LogP contribution in [0.25, 0.3) is 0 Å². The van der Waals surface area contributed by atoms with Crippen molar-refractivity contribution in [2.24, 2.45) is 0 Å². The summed E-state index contributed by atoms with van der Waals surface area (Å²) in [6.07, 6.45) is 0. The van der Waals surface area contributed by atoms with Gasteiger partial charge >= 0.3 is 0 Å². The minimum absolute atomic E-state index is 0.0404. The van der Waals surface area contributed by atoms with Gasteiger partial charge in [-0.05, 0) is 61.5 Å². The smallest absolute Gasteiger partial charge is 0.258 e. The lowest BCUT2D eigenvalue weighted by molar-refractivity contribution is -0.115. The van der Waals surface area contributed by atoms with Crippen LogP contribution in [-0.2, 0) is 4.79 Å². The average molecular weight is 491 g/mol. The van der Waals surface area contributed by atoms with Crippen molar-refractivity contribution in [3.05, 3.63) is 88.4 Å². The van der Waals surface area contributed by atoms with E-state index in [0.29, 0.717) is 10.2 Å². The molecule has 1 atom stereocenters. The Balaban J connectivity index is 1.58. The highest BCUT2D eigenvalue weighted by Gasteiger charge is 2.17. The highest BCUT2D eigenvalue weighted by molar-refractivity contribution is 9.10. The number of carbonyl (C=O) groups excluding carboxylic acids is 2. The molecule has 0 aliphatic heterocycles. The van der Waals surface area contributed by atoms with Crippen molar-refractivity contribution in [3.8, 4) is 0 Å². The standard InChI is InChI=1S/C22H17BrF2N2O2S/c1-13(21(28)27-20-11-6-14(23)12-19(20)25)30-16-9-7-15(8-10-16)26-22(29)17-4-2-3-5-18(17)24/h2-13H,1H3,(H,26,29)(H,27,28). The van der Waals surface area contributed by atoms with E-state index in [1.807, 2.05) is 0 Å². The number of rotatable bonds is 6. The van der Waals surface area contributed by atoms with Crippen LogP contribution in [0.2, 0.25) is 0 Å². The van der Waals surface area contributed by atoms with Crippen LogP contribution < -0.4 is 10.6 Å². The molecule has 3 aromatic carbocycles. The maximum atomic E-state index is 13.9. The first-order valence-electron chi connectivity index (χ1n) is 8.92. The molecule has 154 valence electrons. The fourth-order valence-electron chi connectivity index (χ4n) is 2.54. The summed E-state index contributed by atoms with van der Waals surface area (Å²) in [5, 5.41) is 4.72. The summed E-state index contributed by atoms with van der Waals surface area (Å²) >= 11 is 4.46. The van der Waals surface area contributed by atoms with Gasteiger partial charge in [0.15, 0.2) is 0 Å². The van der Waals surface area contributed by atoms with Gasteiger partial charge in [0.1, 0.15) is 11.6 Å². The highest BCUT2D eigenvalue weighted by Crippen LogP contribution is 2.27. The highest BCUT2D eigenvalue weighted by atomic mass is 79.9. The second kappa shape index (κ2) is 9.86. The zero-order valence-corrected chi connectivity index (χ0v) is 18.2. The third kappa shape index (κ3) is 5.67. The lowest BCUT2D eigenvalue weighted by Crippen LogP contribution is -2.22. The van der Waals surface area contributed by atoms with Crippen molar-refractivity contribution in [1.82, 2.24) is 0 Å². The fraction of sp³-hybridized carbons (Fsp3) is 0.0909. The van der Waals surface area contributed by atoms with Crippen molar-refractivity contribution in [1.29, 1.82) is 0 Å². The van der Waals surface area contributed by atoms with Crippen LogP contribution in [0, 0.1) is 11.6 Å². The van der Waals surface area contributed by atoms with E-state index in [4.69, 9.17) is 0 Å². The van der Waals surface area contributed by atoms with Crippen molar-refractivity contribution in [3.63, 3.8) is 0 Å². The minimum atomic E-state index is -0.593. The third-order valence-corrected chi connectivity index (χ3v) is 5.71. The predicted molar refractivity (Wildman–Crippen MR) is 119 cm³/mol. The van der Waals surface area contributed by atoms with Gasteiger partial charge < -0.3 is 10.6 Å². The van der Waals surface area contributed by atoms with Crippen molar-refractivity contribution >= 4 is 50.9 Å². The van der Waals surface area contributed by atoms with E-state index in [1.54, 1.807) is 43.3 Å². The van der Waals surface area contributed by atoms with Gasteiger partial charge in [0.25, 0.3) is 5.91 Å². The van der Waals surface area contributed by atoms with Crippen LogP contribution in [0.15, 0.2) is 76.1 Å². The molecule has 0 saturated heterocycles. The minimum Gasteiger partial charge on any atom is -0.323 e. The number of halogens is 3. The Bertz CT molecular complexity index is 1080. The van der Waals surface area contributed by atoms with Gasteiger partial charge in [0.05, 0.1) is 16.5 Å². The predicted octanol–water partition coefficient (Wildman–Crippen LogP) is 6.10. The van der Waals surface area contributed by atoms with E-state index < -0.39 is 22.8 Å². The van der Waals surface area contributed by atoms with Crippen LogP contribution in [0.1, 0.15) is 17.3 Å². The second-order valence-corrected chi connectivity index (χ2v) is 8.66. The number of anilines is 2. The van der Waals surface area contributed by atoms with Gasteiger partial charge in [0.2, 0.25) is 5.91 Å². The lowest BCUT2D eigenvalue weighted by atomic mass is 10.2. The Kier molecular flexibility index (Phi) is 7.23. The molecule has 3 aromatic rings. The van der Waals surface area contributed by atoms with Gasteiger partial charge in [0, 0.05) is 15.1 Å². The molecular weight excluding hydrogens is 474 g/mol. The molecule has 2 amide bonds. The molecule has 3 rings (SSSR count). The summed E-state index contributed by atoms with van der Waals surface area (Å²) < 4.78 is 28.2. The van der Waals surface area contributed by atoms with Gasteiger partial charge in [-0.25, -0.2) is 8.78 Å². The van der Waals surface area contributed by atoms with Crippen molar-refractivity contribution in [2.45, 2.75) is 17.1 Å². The molecule has 30 heavy (non-hydrogen) atoms. The maximum absolute atomic E-state index is 13.9. The Morgan fingerprint density at radius 2 is 1.63 bits per heavy atom. The van der Waals surface area contributed by atoms with Crippen LogP contribution in [0.4, 0.5) is 20.2 Å². The second-order valence-electron chi connectivity index (χ2n) is 6.33. The number of carbonyl (C=O) groups is 2. The van der Waals surface area contributed by atoms with Gasteiger partial charge in [-0.3, -0.25) is 9.59 Å². The fourth-order valence-corrected chi connectivity index (χ4v) is 3.74. The molecule has 0 saturated carbocycles. The molecular formula is C22H17BrF2N2O2S. The van der Waals surface area contributed by atoms with Gasteiger partial charge in [-0.2, -0.15) is 0 Å². The summed E-state index contributed by atoms with van der Waals surface area (Å²) in [5.74, 6) is -2.00. The summed E-state index contributed by atoms with van der Waals surface area (Å²) in [6.45, 7) is 1.71. The maximum Gasteiger partial charge on any atom is 0.258 e. The molecule has 0 spiro atoms. The SMILES string of the molecule is CC(Sc1ccc(NC(=O)c2ccccc2F)cc1)C(=O)Nc1ccc(Br)cc1F. The van der Waals surface area contributed by atoms with E-state index in [0.717, 1.165) is 4.90 Å². The summed E-state index contributed by atoms with van der Waals surface area (Å²) in [5.41, 5.74) is 0.574. The molecule has 0 aliphatic carbocycles. The molecule has 0 radical (unpaired) electrons. The van der Waals surface area contributed by atoms with Crippen molar-refractivity contribution in [2.75, 3.05) is 10.6 Å². The van der Waals surface area contributed by atoms with Crippen LogP contribution in [0.5, 0.6) is 0 Å². The Morgan fingerprint density at radius 1 is 0.933 bits per heavy atom. The molecule has 2 N–H and O–H groups in total. The molecule has 1 unspecified atom stereocenters. The van der Waals surface area contributed by atoms with Crippen LogP contribution in [0.3, 0.4) is 0 Å². The zero-order valence-electron chi connectivity index (χ0n) is 15.8. The van der Waals surface area contributed by atoms with E-state index >= 15 is 0 Å². The Morgan fingerprint density at radius 3 is 2.30 bits per heavy atom. The van der Waals surface area contributed by atoms with Crippen LogP contribution >= 0.6 is 27.7 Å².